The number of pyridine rings is 1. The van der Waals surface area contributed by atoms with Crippen molar-refractivity contribution in [2.45, 2.75) is 43.2 Å². The lowest BCUT2D eigenvalue weighted by Crippen LogP contribution is -2.32. The van der Waals surface area contributed by atoms with Gasteiger partial charge >= 0.3 is 0 Å². The normalized spacial score (nSPS) is 17.2. The number of aromatic nitrogens is 1. The van der Waals surface area contributed by atoms with Gasteiger partial charge in [-0.2, -0.15) is 0 Å². The van der Waals surface area contributed by atoms with Crippen LogP contribution in [0.1, 0.15) is 32.1 Å². The molecule has 94 valence electrons. The summed E-state index contributed by atoms with van der Waals surface area (Å²) in [6.45, 7) is 1.07. The summed E-state index contributed by atoms with van der Waals surface area (Å²) in [4.78, 5) is 4.27. The van der Waals surface area contributed by atoms with Crippen LogP contribution in [0.2, 0.25) is 5.02 Å². The first-order valence-corrected chi connectivity index (χ1v) is 7.69. The van der Waals surface area contributed by atoms with Gasteiger partial charge in [-0.3, -0.25) is 0 Å². The Labute approximate surface area is 113 Å². The maximum absolute atomic E-state index is 5.79. The molecule has 1 aromatic heterocycles. The average Bonchev–Trinajstić information content (AvgIpc) is 2.38. The highest BCUT2D eigenvalue weighted by molar-refractivity contribution is 7.99. The Balaban J connectivity index is 1.60. The minimum Gasteiger partial charge on any atom is -0.313 e. The lowest BCUT2D eigenvalue weighted by Gasteiger charge is -2.22. The second-order valence-electron chi connectivity index (χ2n) is 4.45. The van der Waals surface area contributed by atoms with E-state index in [9.17, 15) is 0 Å². The standard InChI is InChI=1S/C13H19ClN2S/c14-11-6-7-13(16-10-11)17-9-8-15-12-4-2-1-3-5-12/h6-7,10,12,15H,1-5,8-9H2. The molecule has 17 heavy (non-hydrogen) atoms. The molecule has 0 atom stereocenters. The van der Waals surface area contributed by atoms with Crippen LogP contribution in [-0.2, 0) is 0 Å². The lowest BCUT2D eigenvalue weighted by molar-refractivity contribution is 0.381. The fraction of sp³-hybridized carbons (Fsp3) is 0.615. The molecule has 0 spiro atoms. The molecule has 2 rings (SSSR count). The Hall–Kier alpha value is -0.250. The van der Waals surface area contributed by atoms with E-state index < -0.39 is 0 Å². The van der Waals surface area contributed by atoms with Crippen LogP contribution in [0.15, 0.2) is 23.4 Å². The third-order valence-electron chi connectivity index (χ3n) is 3.09. The molecule has 0 bridgehead atoms. The second-order valence-corrected chi connectivity index (χ2v) is 6.00. The first kappa shape index (κ1) is 13.2. The van der Waals surface area contributed by atoms with E-state index in [1.54, 1.807) is 18.0 Å². The third kappa shape index (κ3) is 4.86. The quantitative estimate of drug-likeness (QED) is 0.652. The van der Waals surface area contributed by atoms with E-state index in [0.717, 1.165) is 23.4 Å². The number of thioether (sulfide) groups is 1. The third-order valence-corrected chi connectivity index (χ3v) is 4.26. The fourth-order valence-corrected chi connectivity index (χ4v) is 3.01. The summed E-state index contributed by atoms with van der Waals surface area (Å²) in [6, 6.07) is 4.63. The van der Waals surface area contributed by atoms with Crippen molar-refractivity contribution in [2.24, 2.45) is 0 Å². The Bertz CT molecular complexity index is 323. The number of hydrogen-bond donors (Lipinski definition) is 1. The molecule has 0 radical (unpaired) electrons. The number of hydrogen-bond acceptors (Lipinski definition) is 3. The molecule has 1 aliphatic rings. The van der Waals surface area contributed by atoms with Crippen molar-refractivity contribution in [1.29, 1.82) is 0 Å². The van der Waals surface area contributed by atoms with Crippen LogP contribution in [0.3, 0.4) is 0 Å². The predicted molar refractivity (Wildman–Crippen MR) is 74.8 cm³/mol. The van der Waals surface area contributed by atoms with Crippen LogP contribution in [-0.4, -0.2) is 23.3 Å². The fourth-order valence-electron chi connectivity index (χ4n) is 2.17. The Morgan fingerprint density at radius 3 is 2.82 bits per heavy atom. The molecule has 1 aromatic rings. The summed E-state index contributed by atoms with van der Waals surface area (Å²) in [5.41, 5.74) is 0. The van der Waals surface area contributed by atoms with E-state index in [4.69, 9.17) is 11.6 Å². The maximum Gasteiger partial charge on any atom is 0.0961 e. The SMILES string of the molecule is Clc1ccc(SCCNC2CCCCC2)nc1. The summed E-state index contributed by atoms with van der Waals surface area (Å²) in [7, 11) is 0. The van der Waals surface area contributed by atoms with Crippen molar-refractivity contribution in [3.05, 3.63) is 23.4 Å². The maximum atomic E-state index is 5.79. The molecule has 0 aromatic carbocycles. The van der Waals surface area contributed by atoms with Gasteiger partial charge in [-0.1, -0.05) is 30.9 Å². The average molecular weight is 271 g/mol. The highest BCUT2D eigenvalue weighted by atomic mass is 35.5. The molecule has 2 nitrogen and oxygen atoms in total. The van der Waals surface area contributed by atoms with Crippen LogP contribution in [0.4, 0.5) is 0 Å². The van der Waals surface area contributed by atoms with Crippen molar-refractivity contribution in [3.63, 3.8) is 0 Å². The number of halogens is 1. The van der Waals surface area contributed by atoms with Crippen LogP contribution >= 0.6 is 23.4 Å². The molecule has 0 amide bonds. The van der Waals surface area contributed by atoms with Gasteiger partial charge in [-0.25, -0.2) is 4.98 Å². The van der Waals surface area contributed by atoms with Gasteiger partial charge in [-0.05, 0) is 25.0 Å². The Morgan fingerprint density at radius 2 is 2.12 bits per heavy atom. The molecule has 0 saturated heterocycles. The van der Waals surface area contributed by atoms with E-state index in [1.165, 1.54) is 32.1 Å². The van der Waals surface area contributed by atoms with E-state index in [0.29, 0.717) is 5.02 Å². The molecule has 1 aliphatic carbocycles. The van der Waals surface area contributed by atoms with Crippen LogP contribution in [0.25, 0.3) is 0 Å². The molecule has 4 heteroatoms. The Morgan fingerprint density at radius 1 is 1.29 bits per heavy atom. The summed E-state index contributed by atoms with van der Waals surface area (Å²) >= 11 is 7.58. The van der Waals surface area contributed by atoms with Crippen molar-refractivity contribution >= 4 is 23.4 Å². The van der Waals surface area contributed by atoms with Crippen molar-refractivity contribution in [2.75, 3.05) is 12.3 Å². The van der Waals surface area contributed by atoms with E-state index in [2.05, 4.69) is 10.3 Å². The van der Waals surface area contributed by atoms with Gasteiger partial charge in [-0.15, -0.1) is 11.8 Å². The smallest absolute Gasteiger partial charge is 0.0961 e. The topological polar surface area (TPSA) is 24.9 Å². The predicted octanol–water partition coefficient (Wildman–Crippen LogP) is 3.75. The van der Waals surface area contributed by atoms with Crippen LogP contribution < -0.4 is 5.32 Å². The zero-order chi connectivity index (χ0) is 11.9. The molecular weight excluding hydrogens is 252 g/mol. The summed E-state index contributed by atoms with van der Waals surface area (Å²) < 4.78 is 0. The van der Waals surface area contributed by atoms with Crippen molar-refractivity contribution in [3.8, 4) is 0 Å². The zero-order valence-corrected chi connectivity index (χ0v) is 11.6. The minimum atomic E-state index is 0.703. The number of nitrogens with zero attached hydrogens (tertiary/aromatic N) is 1. The number of nitrogens with one attached hydrogen (secondary N) is 1. The summed E-state index contributed by atoms with van der Waals surface area (Å²) in [5.74, 6) is 1.07. The highest BCUT2D eigenvalue weighted by Gasteiger charge is 2.11. The first-order chi connectivity index (χ1) is 8.34. The van der Waals surface area contributed by atoms with E-state index in [1.807, 2.05) is 12.1 Å². The van der Waals surface area contributed by atoms with Gasteiger partial charge in [0.25, 0.3) is 0 Å². The van der Waals surface area contributed by atoms with Gasteiger partial charge in [0.2, 0.25) is 0 Å². The lowest BCUT2D eigenvalue weighted by atomic mass is 9.96. The summed E-state index contributed by atoms with van der Waals surface area (Å²) in [6.07, 6.45) is 8.61. The van der Waals surface area contributed by atoms with Gasteiger partial charge in [0, 0.05) is 24.5 Å². The molecule has 1 saturated carbocycles. The van der Waals surface area contributed by atoms with Crippen molar-refractivity contribution < 1.29 is 0 Å². The van der Waals surface area contributed by atoms with Gasteiger partial charge < -0.3 is 5.32 Å². The molecule has 0 unspecified atom stereocenters. The zero-order valence-electron chi connectivity index (χ0n) is 9.99. The summed E-state index contributed by atoms with van der Waals surface area (Å²) in [5, 5.41) is 5.39. The largest absolute Gasteiger partial charge is 0.313 e. The van der Waals surface area contributed by atoms with E-state index in [-0.39, 0.29) is 0 Å². The second kappa shape index (κ2) is 7.24. The minimum absolute atomic E-state index is 0.703. The Kier molecular flexibility index (Phi) is 5.62. The monoisotopic (exact) mass is 270 g/mol. The van der Waals surface area contributed by atoms with Gasteiger partial charge in [0.15, 0.2) is 0 Å². The molecule has 1 heterocycles. The van der Waals surface area contributed by atoms with Gasteiger partial charge in [0.1, 0.15) is 0 Å². The molecule has 1 N–H and O–H groups in total. The van der Waals surface area contributed by atoms with Gasteiger partial charge in [0.05, 0.1) is 10.0 Å². The van der Waals surface area contributed by atoms with Crippen LogP contribution in [0.5, 0.6) is 0 Å². The number of rotatable bonds is 5. The molecule has 0 aliphatic heterocycles. The first-order valence-electron chi connectivity index (χ1n) is 6.32. The molecule has 1 fully saturated rings. The van der Waals surface area contributed by atoms with E-state index >= 15 is 0 Å². The van der Waals surface area contributed by atoms with Crippen LogP contribution in [0, 0.1) is 0 Å². The highest BCUT2D eigenvalue weighted by Crippen LogP contribution is 2.19. The van der Waals surface area contributed by atoms with Crippen molar-refractivity contribution in [1.82, 2.24) is 10.3 Å². The molecular formula is C13H19ClN2S.